The van der Waals surface area contributed by atoms with Crippen LogP contribution in [0.4, 0.5) is 5.69 Å². The zero-order chi connectivity index (χ0) is 16.8. The summed E-state index contributed by atoms with van der Waals surface area (Å²) in [6, 6.07) is 13.5. The molecule has 0 aromatic heterocycles. The van der Waals surface area contributed by atoms with Crippen LogP contribution in [-0.2, 0) is 0 Å². The van der Waals surface area contributed by atoms with Gasteiger partial charge in [0.15, 0.2) is 11.5 Å². The predicted molar refractivity (Wildman–Crippen MR) is 91.5 cm³/mol. The van der Waals surface area contributed by atoms with Crippen molar-refractivity contribution in [2.45, 2.75) is 0 Å². The second-order valence-corrected chi connectivity index (χ2v) is 5.12. The third-order valence-corrected chi connectivity index (χ3v) is 3.26. The summed E-state index contributed by atoms with van der Waals surface area (Å²) in [5.41, 5.74) is 3.04. The monoisotopic (exact) mass is 309 g/mol. The van der Waals surface area contributed by atoms with E-state index in [-0.39, 0.29) is 0 Å². The molecule has 0 aliphatic heterocycles. The van der Waals surface area contributed by atoms with Crippen LogP contribution in [0.5, 0.6) is 11.5 Å². The van der Waals surface area contributed by atoms with E-state index in [1.54, 1.807) is 20.6 Å². The van der Waals surface area contributed by atoms with E-state index in [0.717, 1.165) is 11.1 Å². The van der Waals surface area contributed by atoms with Gasteiger partial charge in [0, 0.05) is 14.1 Å². The molecular weight excluding hydrogens is 290 g/mol. The van der Waals surface area contributed by atoms with Crippen molar-refractivity contribution in [3.63, 3.8) is 0 Å². The summed E-state index contributed by atoms with van der Waals surface area (Å²) in [5, 5.41) is 9.36. The highest BCUT2D eigenvalue weighted by molar-refractivity contribution is 5.73. The van der Waals surface area contributed by atoms with E-state index in [9.17, 15) is 5.26 Å². The summed E-state index contributed by atoms with van der Waals surface area (Å²) in [4.78, 5) is 6.13. The topological polar surface area (TPSA) is 57.8 Å². The second kappa shape index (κ2) is 7.32. The minimum Gasteiger partial charge on any atom is -0.493 e. The average Bonchev–Trinajstić information content (AvgIpc) is 2.59. The third-order valence-electron chi connectivity index (χ3n) is 3.26. The van der Waals surface area contributed by atoms with Crippen molar-refractivity contribution in [1.29, 1.82) is 5.26 Å². The van der Waals surface area contributed by atoms with Crippen LogP contribution in [0.15, 0.2) is 41.4 Å². The number of ether oxygens (including phenoxy) is 2. The molecule has 0 atom stereocenters. The van der Waals surface area contributed by atoms with E-state index in [1.807, 2.05) is 55.4 Å². The van der Waals surface area contributed by atoms with Gasteiger partial charge in [-0.2, -0.15) is 5.26 Å². The highest BCUT2D eigenvalue weighted by atomic mass is 16.5. The van der Waals surface area contributed by atoms with Gasteiger partial charge in [0.1, 0.15) is 6.07 Å². The number of nitriles is 1. The van der Waals surface area contributed by atoms with E-state index in [4.69, 9.17) is 9.47 Å². The highest BCUT2D eigenvalue weighted by Gasteiger charge is 2.08. The maximum absolute atomic E-state index is 9.36. The lowest BCUT2D eigenvalue weighted by Gasteiger charge is -2.10. The summed E-state index contributed by atoms with van der Waals surface area (Å²) < 4.78 is 10.6. The third kappa shape index (κ3) is 3.80. The van der Waals surface area contributed by atoms with Crippen LogP contribution in [0.1, 0.15) is 5.56 Å². The number of methoxy groups -OCH3 is 2. The molecule has 5 nitrogen and oxygen atoms in total. The van der Waals surface area contributed by atoms with Crippen molar-refractivity contribution < 1.29 is 9.47 Å². The van der Waals surface area contributed by atoms with E-state index in [2.05, 4.69) is 11.1 Å². The second-order valence-electron chi connectivity index (χ2n) is 5.12. The van der Waals surface area contributed by atoms with Crippen molar-refractivity contribution in [3.05, 3.63) is 42.0 Å². The van der Waals surface area contributed by atoms with Gasteiger partial charge in [-0.15, -0.1) is 0 Å². The Kier molecular flexibility index (Phi) is 5.21. The molecule has 0 spiro atoms. The molecule has 0 N–H and O–H groups in total. The lowest BCUT2D eigenvalue weighted by molar-refractivity contribution is 0.355. The molecule has 5 heteroatoms. The van der Waals surface area contributed by atoms with Crippen molar-refractivity contribution in [2.75, 3.05) is 28.3 Å². The van der Waals surface area contributed by atoms with Gasteiger partial charge < -0.3 is 14.4 Å². The van der Waals surface area contributed by atoms with Crippen molar-refractivity contribution in [2.24, 2.45) is 4.99 Å². The van der Waals surface area contributed by atoms with Crippen LogP contribution < -0.4 is 9.47 Å². The molecule has 0 heterocycles. The molecule has 0 bridgehead atoms. The molecule has 2 rings (SSSR count). The van der Waals surface area contributed by atoms with Crippen molar-refractivity contribution in [1.82, 2.24) is 4.90 Å². The fourth-order valence-corrected chi connectivity index (χ4v) is 2.11. The van der Waals surface area contributed by atoms with Crippen molar-refractivity contribution in [3.8, 4) is 28.7 Å². The summed E-state index contributed by atoms with van der Waals surface area (Å²) in [6.07, 6.45) is 1.67. The van der Waals surface area contributed by atoms with Crippen LogP contribution in [0.3, 0.4) is 0 Å². The maximum atomic E-state index is 9.36. The molecule has 118 valence electrons. The first kappa shape index (κ1) is 16.4. The van der Waals surface area contributed by atoms with E-state index < -0.39 is 0 Å². The van der Waals surface area contributed by atoms with E-state index in [1.165, 1.54) is 0 Å². The number of aliphatic imine (C=N–C) groups is 1. The Bertz CT molecular complexity index is 761. The number of rotatable bonds is 5. The summed E-state index contributed by atoms with van der Waals surface area (Å²) in [6.45, 7) is 0. The lowest BCUT2D eigenvalue weighted by Crippen LogP contribution is -2.07. The van der Waals surface area contributed by atoms with Crippen LogP contribution in [0, 0.1) is 11.3 Å². The fourth-order valence-electron chi connectivity index (χ4n) is 2.11. The Labute approximate surface area is 136 Å². The van der Waals surface area contributed by atoms with Gasteiger partial charge in [-0.05, 0) is 35.4 Å². The van der Waals surface area contributed by atoms with Gasteiger partial charge >= 0.3 is 0 Å². The molecular formula is C18H19N3O2. The Balaban J connectivity index is 2.43. The molecule has 0 amide bonds. The van der Waals surface area contributed by atoms with Gasteiger partial charge in [-0.25, -0.2) is 4.99 Å². The smallest absolute Gasteiger partial charge is 0.161 e. The molecule has 2 aromatic carbocycles. The van der Waals surface area contributed by atoms with E-state index >= 15 is 0 Å². The summed E-state index contributed by atoms with van der Waals surface area (Å²) in [5.74, 6) is 1.32. The largest absolute Gasteiger partial charge is 0.493 e. The first-order valence-corrected chi connectivity index (χ1v) is 7.06. The number of hydrogen-bond acceptors (Lipinski definition) is 4. The van der Waals surface area contributed by atoms with E-state index in [0.29, 0.717) is 22.7 Å². The van der Waals surface area contributed by atoms with Gasteiger partial charge in [0.05, 0.1) is 31.8 Å². The van der Waals surface area contributed by atoms with Crippen LogP contribution in [0.25, 0.3) is 11.1 Å². The maximum Gasteiger partial charge on any atom is 0.161 e. The standard InChI is InChI=1S/C18H19N3O2/c1-21(2)12-20-16-7-5-13(9-15(16)11-19)14-6-8-17(22-3)18(10-14)23-4/h5-10,12H,1-4H3. The van der Waals surface area contributed by atoms with Crippen LogP contribution in [-0.4, -0.2) is 39.6 Å². The summed E-state index contributed by atoms with van der Waals surface area (Å²) >= 11 is 0. The normalized spacial score (nSPS) is 10.4. The molecule has 0 aliphatic rings. The van der Waals surface area contributed by atoms with Gasteiger partial charge in [-0.3, -0.25) is 0 Å². The molecule has 0 radical (unpaired) electrons. The molecule has 0 fully saturated rings. The Morgan fingerprint density at radius 2 is 1.65 bits per heavy atom. The number of benzene rings is 2. The molecule has 2 aromatic rings. The lowest BCUT2D eigenvalue weighted by atomic mass is 10.0. The minimum absolute atomic E-state index is 0.524. The predicted octanol–water partition coefficient (Wildman–Crippen LogP) is 3.46. The number of nitrogens with zero attached hydrogens (tertiary/aromatic N) is 3. The molecule has 0 saturated heterocycles. The highest BCUT2D eigenvalue weighted by Crippen LogP contribution is 2.33. The molecule has 0 aliphatic carbocycles. The zero-order valence-corrected chi connectivity index (χ0v) is 13.7. The Morgan fingerprint density at radius 1 is 1.00 bits per heavy atom. The van der Waals surface area contributed by atoms with Gasteiger partial charge in [-0.1, -0.05) is 12.1 Å². The van der Waals surface area contributed by atoms with Crippen LogP contribution in [0.2, 0.25) is 0 Å². The van der Waals surface area contributed by atoms with Gasteiger partial charge in [0.2, 0.25) is 0 Å². The quantitative estimate of drug-likeness (QED) is 0.627. The van der Waals surface area contributed by atoms with Gasteiger partial charge in [0.25, 0.3) is 0 Å². The fraction of sp³-hybridized carbons (Fsp3) is 0.222. The molecule has 23 heavy (non-hydrogen) atoms. The van der Waals surface area contributed by atoms with Crippen molar-refractivity contribution >= 4 is 12.0 Å². The number of hydrogen-bond donors (Lipinski definition) is 0. The first-order chi connectivity index (χ1) is 11.1. The molecule has 0 unspecified atom stereocenters. The molecule has 0 saturated carbocycles. The Morgan fingerprint density at radius 3 is 2.26 bits per heavy atom. The van der Waals surface area contributed by atoms with Crippen LogP contribution >= 0.6 is 0 Å². The average molecular weight is 309 g/mol. The SMILES string of the molecule is COc1ccc(-c2ccc(N=CN(C)C)c(C#N)c2)cc1OC. The summed E-state index contributed by atoms with van der Waals surface area (Å²) in [7, 11) is 6.96. The first-order valence-electron chi connectivity index (χ1n) is 7.06. The Hall–Kier alpha value is -3.00. The zero-order valence-electron chi connectivity index (χ0n) is 13.7. The minimum atomic E-state index is 0.524.